The number of aryl methyl sites for hydroxylation is 1. The Hall–Kier alpha value is -1.36. The molecule has 0 atom stereocenters. The Bertz CT molecular complexity index is 591. The van der Waals surface area contributed by atoms with Crippen LogP contribution in [-0.2, 0) is 13.0 Å². The van der Waals surface area contributed by atoms with E-state index in [1.165, 1.54) is 24.2 Å². The Labute approximate surface area is 121 Å². The highest BCUT2D eigenvalue weighted by molar-refractivity contribution is 9.10. The fraction of sp³-hybridized carbons (Fsp3) is 0.429. The molecule has 0 spiro atoms. The number of nitrogens with zero attached hydrogens (tertiary/aromatic N) is 3. The van der Waals surface area contributed by atoms with E-state index in [2.05, 4.69) is 43.9 Å². The molecular formula is C14H17BrN4. The SMILES string of the molecule is CCn1nc(-c2cncc(Br)c2)c2c1NCCCC2. The number of anilines is 1. The molecule has 0 saturated heterocycles. The Morgan fingerprint density at radius 2 is 2.26 bits per heavy atom. The number of hydrogen-bond donors (Lipinski definition) is 1. The van der Waals surface area contributed by atoms with Crippen molar-refractivity contribution in [1.29, 1.82) is 0 Å². The molecule has 1 aliphatic rings. The first kappa shape index (κ1) is 12.7. The zero-order valence-corrected chi connectivity index (χ0v) is 12.6. The molecule has 0 fully saturated rings. The van der Waals surface area contributed by atoms with Crippen LogP contribution >= 0.6 is 15.9 Å². The van der Waals surface area contributed by atoms with Crippen molar-refractivity contribution in [3.63, 3.8) is 0 Å². The van der Waals surface area contributed by atoms with Gasteiger partial charge in [0.25, 0.3) is 0 Å². The van der Waals surface area contributed by atoms with Crippen LogP contribution in [-0.4, -0.2) is 21.3 Å². The highest BCUT2D eigenvalue weighted by Crippen LogP contribution is 2.32. The Morgan fingerprint density at radius 3 is 3.05 bits per heavy atom. The van der Waals surface area contributed by atoms with Crippen LogP contribution in [0.4, 0.5) is 5.82 Å². The minimum Gasteiger partial charge on any atom is -0.370 e. The van der Waals surface area contributed by atoms with E-state index in [1.807, 2.05) is 6.20 Å². The summed E-state index contributed by atoms with van der Waals surface area (Å²) < 4.78 is 3.06. The summed E-state index contributed by atoms with van der Waals surface area (Å²) in [7, 11) is 0. The molecule has 0 unspecified atom stereocenters. The van der Waals surface area contributed by atoms with Gasteiger partial charge in [0.2, 0.25) is 0 Å². The molecule has 100 valence electrons. The molecule has 2 aromatic rings. The van der Waals surface area contributed by atoms with Gasteiger partial charge in [-0.15, -0.1) is 0 Å². The van der Waals surface area contributed by atoms with Crippen molar-refractivity contribution in [2.24, 2.45) is 0 Å². The third kappa shape index (κ3) is 2.39. The molecule has 0 aromatic carbocycles. The summed E-state index contributed by atoms with van der Waals surface area (Å²) in [6, 6.07) is 2.08. The smallest absolute Gasteiger partial charge is 0.128 e. The largest absolute Gasteiger partial charge is 0.370 e. The lowest BCUT2D eigenvalue weighted by Crippen LogP contribution is -2.07. The Morgan fingerprint density at radius 1 is 1.37 bits per heavy atom. The quantitative estimate of drug-likeness (QED) is 0.921. The first-order chi connectivity index (χ1) is 9.29. The molecule has 0 bridgehead atoms. The van der Waals surface area contributed by atoms with Crippen molar-refractivity contribution in [2.45, 2.75) is 32.7 Å². The van der Waals surface area contributed by atoms with Crippen molar-refractivity contribution in [2.75, 3.05) is 11.9 Å². The van der Waals surface area contributed by atoms with Gasteiger partial charge >= 0.3 is 0 Å². The topological polar surface area (TPSA) is 42.7 Å². The zero-order valence-electron chi connectivity index (χ0n) is 11.0. The van der Waals surface area contributed by atoms with E-state index in [4.69, 9.17) is 5.10 Å². The Balaban J connectivity index is 2.13. The fourth-order valence-corrected chi connectivity index (χ4v) is 2.93. The molecular weight excluding hydrogens is 304 g/mol. The van der Waals surface area contributed by atoms with Gasteiger partial charge in [-0.1, -0.05) is 0 Å². The lowest BCUT2D eigenvalue weighted by atomic mass is 10.1. The second-order valence-electron chi connectivity index (χ2n) is 4.77. The summed E-state index contributed by atoms with van der Waals surface area (Å²) in [5, 5.41) is 8.27. The van der Waals surface area contributed by atoms with Crippen LogP contribution in [0.5, 0.6) is 0 Å². The summed E-state index contributed by atoms with van der Waals surface area (Å²) in [5.74, 6) is 1.19. The first-order valence-corrected chi connectivity index (χ1v) is 7.53. The number of nitrogens with one attached hydrogen (secondary N) is 1. The van der Waals surface area contributed by atoms with E-state index in [-0.39, 0.29) is 0 Å². The molecule has 0 saturated carbocycles. The van der Waals surface area contributed by atoms with Gasteiger partial charge in [0, 0.05) is 41.1 Å². The lowest BCUT2D eigenvalue weighted by molar-refractivity contribution is 0.665. The van der Waals surface area contributed by atoms with Crippen LogP contribution in [0.1, 0.15) is 25.3 Å². The van der Waals surface area contributed by atoms with Gasteiger partial charge in [-0.05, 0) is 48.2 Å². The van der Waals surface area contributed by atoms with Crippen molar-refractivity contribution in [1.82, 2.24) is 14.8 Å². The van der Waals surface area contributed by atoms with E-state index in [9.17, 15) is 0 Å². The molecule has 0 amide bonds. The molecule has 4 nitrogen and oxygen atoms in total. The second-order valence-corrected chi connectivity index (χ2v) is 5.68. The van der Waals surface area contributed by atoms with Crippen LogP contribution in [0, 0.1) is 0 Å². The molecule has 2 aromatic heterocycles. The molecule has 3 rings (SSSR count). The van der Waals surface area contributed by atoms with Gasteiger partial charge in [0.15, 0.2) is 0 Å². The monoisotopic (exact) mass is 320 g/mol. The average molecular weight is 321 g/mol. The lowest BCUT2D eigenvalue weighted by Gasteiger charge is -2.06. The van der Waals surface area contributed by atoms with Crippen molar-refractivity contribution >= 4 is 21.7 Å². The standard InChI is InChI=1S/C14H17BrN4/c1-2-19-14-12(5-3-4-6-17-14)13(18-19)10-7-11(15)9-16-8-10/h7-9,17H,2-6H2,1H3. The maximum absolute atomic E-state index is 4.76. The zero-order chi connectivity index (χ0) is 13.2. The van der Waals surface area contributed by atoms with Crippen LogP contribution in [0.15, 0.2) is 22.9 Å². The summed E-state index contributed by atoms with van der Waals surface area (Å²) in [6.45, 7) is 4.05. The molecule has 1 aliphatic heterocycles. The van der Waals surface area contributed by atoms with E-state index < -0.39 is 0 Å². The van der Waals surface area contributed by atoms with Gasteiger partial charge in [-0.2, -0.15) is 5.10 Å². The molecule has 19 heavy (non-hydrogen) atoms. The number of aromatic nitrogens is 3. The molecule has 1 N–H and O–H groups in total. The third-order valence-electron chi connectivity index (χ3n) is 3.47. The summed E-state index contributed by atoms with van der Waals surface area (Å²) in [5.41, 5.74) is 3.49. The van der Waals surface area contributed by atoms with E-state index in [0.717, 1.165) is 35.2 Å². The van der Waals surface area contributed by atoms with E-state index >= 15 is 0 Å². The van der Waals surface area contributed by atoms with Gasteiger partial charge in [0.1, 0.15) is 5.82 Å². The Kier molecular flexibility index (Phi) is 3.55. The van der Waals surface area contributed by atoms with E-state index in [0.29, 0.717) is 0 Å². The maximum Gasteiger partial charge on any atom is 0.128 e. The third-order valence-corrected chi connectivity index (χ3v) is 3.91. The summed E-state index contributed by atoms with van der Waals surface area (Å²) >= 11 is 3.48. The van der Waals surface area contributed by atoms with Gasteiger partial charge in [0.05, 0.1) is 5.69 Å². The number of halogens is 1. The van der Waals surface area contributed by atoms with Crippen LogP contribution in [0.25, 0.3) is 11.3 Å². The van der Waals surface area contributed by atoms with Crippen molar-refractivity contribution < 1.29 is 0 Å². The molecule has 5 heteroatoms. The van der Waals surface area contributed by atoms with Crippen molar-refractivity contribution in [3.05, 3.63) is 28.5 Å². The fourth-order valence-electron chi connectivity index (χ4n) is 2.57. The molecule has 0 aliphatic carbocycles. The predicted molar refractivity (Wildman–Crippen MR) is 80.3 cm³/mol. The highest BCUT2D eigenvalue weighted by Gasteiger charge is 2.20. The van der Waals surface area contributed by atoms with Gasteiger partial charge in [-0.3, -0.25) is 4.98 Å². The minimum atomic E-state index is 0.886. The number of rotatable bonds is 2. The minimum absolute atomic E-state index is 0.886. The molecule has 0 radical (unpaired) electrons. The van der Waals surface area contributed by atoms with Crippen LogP contribution in [0.2, 0.25) is 0 Å². The van der Waals surface area contributed by atoms with Crippen molar-refractivity contribution in [3.8, 4) is 11.3 Å². The number of fused-ring (bicyclic) bond motifs is 1. The van der Waals surface area contributed by atoms with Gasteiger partial charge < -0.3 is 5.32 Å². The van der Waals surface area contributed by atoms with Gasteiger partial charge in [-0.25, -0.2) is 4.68 Å². The number of pyridine rings is 1. The highest BCUT2D eigenvalue weighted by atomic mass is 79.9. The average Bonchev–Trinajstić information content (AvgIpc) is 2.59. The summed E-state index contributed by atoms with van der Waals surface area (Å²) in [4.78, 5) is 4.25. The predicted octanol–water partition coefficient (Wildman–Crippen LogP) is 3.48. The van der Waals surface area contributed by atoms with Crippen LogP contribution < -0.4 is 5.32 Å². The normalized spacial score (nSPS) is 14.6. The summed E-state index contributed by atoms with van der Waals surface area (Å²) in [6.07, 6.45) is 7.21. The van der Waals surface area contributed by atoms with E-state index in [1.54, 1.807) is 6.20 Å². The maximum atomic E-state index is 4.76. The molecule has 3 heterocycles. The van der Waals surface area contributed by atoms with Crippen LogP contribution in [0.3, 0.4) is 0 Å². The number of hydrogen-bond acceptors (Lipinski definition) is 3. The first-order valence-electron chi connectivity index (χ1n) is 6.74. The second kappa shape index (κ2) is 5.33.